The SMILES string of the molecule is NCCCCCCc1ccccc1.NCCCCCCc1ccccc1. The summed E-state index contributed by atoms with van der Waals surface area (Å²) in [4.78, 5) is 0. The van der Waals surface area contributed by atoms with Crippen molar-refractivity contribution in [2.24, 2.45) is 11.5 Å². The van der Waals surface area contributed by atoms with Gasteiger partial charge in [0.1, 0.15) is 0 Å². The summed E-state index contributed by atoms with van der Waals surface area (Å²) in [5.41, 5.74) is 13.8. The van der Waals surface area contributed by atoms with E-state index >= 15 is 0 Å². The van der Waals surface area contributed by atoms with E-state index < -0.39 is 0 Å². The van der Waals surface area contributed by atoms with Gasteiger partial charge in [0.2, 0.25) is 0 Å². The second-order valence-corrected chi connectivity index (χ2v) is 6.88. The Morgan fingerprint density at radius 2 is 0.769 bits per heavy atom. The first-order valence-corrected chi connectivity index (χ1v) is 10.3. The van der Waals surface area contributed by atoms with Crippen LogP contribution in [0.4, 0.5) is 0 Å². The van der Waals surface area contributed by atoms with Crippen molar-refractivity contribution in [3.05, 3.63) is 71.8 Å². The number of benzene rings is 2. The van der Waals surface area contributed by atoms with E-state index in [-0.39, 0.29) is 0 Å². The van der Waals surface area contributed by atoms with Crippen molar-refractivity contribution in [1.82, 2.24) is 0 Å². The minimum Gasteiger partial charge on any atom is -0.330 e. The number of rotatable bonds is 12. The zero-order chi connectivity index (χ0) is 18.7. The van der Waals surface area contributed by atoms with Gasteiger partial charge in [-0.25, -0.2) is 0 Å². The summed E-state index contributed by atoms with van der Waals surface area (Å²) in [6.07, 6.45) is 12.6. The van der Waals surface area contributed by atoms with Gasteiger partial charge in [0.15, 0.2) is 0 Å². The summed E-state index contributed by atoms with van der Waals surface area (Å²) in [5.74, 6) is 0. The first-order valence-electron chi connectivity index (χ1n) is 10.3. The Bertz CT molecular complexity index is 461. The minimum atomic E-state index is 0.839. The number of nitrogens with two attached hydrogens (primary N) is 2. The molecule has 2 aromatic carbocycles. The molecule has 2 rings (SSSR count). The first kappa shape index (κ1) is 22.4. The Labute approximate surface area is 161 Å². The molecule has 4 N–H and O–H groups in total. The topological polar surface area (TPSA) is 52.0 Å². The highest BCUT2D eigenvalue weighted by Crippen LogP contribution is 2.07. The molecule has 0 heterocycles. The van der Waals surface area contributed by atoms with Crippen molar-refractivity contribution < 1.29 is 0 Å². The summed E-state index contributed by atoms with van der Waals surface area (Å²) < 4.78 is 0. The highest BCUT2D eigenvalue weighted by Gasteiger charge is 1.92. The van der Waals surface area contributed by atoms with Gasteiger partial charge in [-0.05, 0) is 62.7 Å². The van der Waals surface area contributed by atoms with Gasteiger partial charge in [0, 0.05) is 0 Å². The van der Waals surface area contributed by atoms with Crippen LogP contribution in [0.5, 0.6) is 0 Å². The first-order chi connectivity index (χ1) is 12.9. The van der Waals surface area contributed by atoms with Crippen molar-refractivity contribution >= 4 is 0 Å². The molecule has 0 saturated heterocycles. The van der Waals surface area contributed by atoms with Crippen LogP contribution in [0.2, 0.25) is 0 Å². The molecule has 144 valence electrons. The average molecular weight is 355 g/mol. The molecular formula is C24H38N2. The van der Waals surface area contributed by atoms with Crippen LogP contribution in [0.1, 0.15) is 62.5 Å². The van der Waals surface area contributed by atoms with Gasteiger partial charge in [-0.15, -0.1) is 0 Å². The Morgan fingerprint density at radius 1 is 0.423 bits per heavy atom. The molecule has 0 amide bonds. The molecule has 0 aliphatic carbocycles. The molecule has 0 radical (unpaired) electrons. The van der Waals surface area contributed by atoms with Gasteiger partial charge in [-0.2, -0.15) is 0 Å². The second-order valence-electron chi connectivity index (χ2n) is 6.88. The molecule has 0 aliphatic rings. The van der Waals surface area contributed by atoms with Gasteiger partial charge in [0.25, 0.3) is 0 Å². The molecule has 0 fully saturated rings. The zero-order valence-corrected chi connectivity index (χ0v) is 16.4. The van der Waals surface area contributed by atoms with Gasteiger partial charge >= 0.3 is 0 Å². The van der Waals surface area contributed by atoms with Crippen LogP contribution >= 0.6 is 0 Å². The van der Waals surface area contributed by atoms with Crippen molar-refractivity contribution in [2.45, 2.75) is 64.2 Å². The number of aryl methyl sites for hydroxylation is 2. The molecular weight excluding hydrogens is 316 g/mol. The molecule has 0 atom stereocenters. The van der Waals surface area contributed by atoms with E-state index in [0.717, 1.165) is 13.1 Å². The lowest BCUT2D eigenvalue weighted by atomic mass is 10.1. The lowest BCUT2D eigenvalue weighted by Crippen LogP contribution is -1.97. The van der Waals surface area contributed by atoms with Crippen LogP contribution < -0.4 is 11.5 Å². The van der Waals surface area contributed by atoms with E-state index in [1.54, 1.807) is 0 Å². The van der Waals surface area contributed by atoms with Crippen LogP contribution in [-0.4, -0.2) is 13.1 Å². The molecule has 0 bridgehead atoms. The van der Waals surface area contributed by atoms with Crippen molar-refractivity contribution in [1.29, 1.82) is 0 Å². The third-order valence-electron chi connectivity index (χ3n) is 4.52. The van der Waals surface area contributed by atoms with Crippen molar-refractivity contribution in [3.63, 3.8) is 0 Å². The van der Waals surface area contributed by atoms with E-state index in [4.69, 9.17) is 11.5 Å². The summed E-state index contributed by atoms with van der Waals surface area (Å²) in [5, 5.41) is 0. The average Bonchev–Trinajstić information content (AvgIpc) is 2.70. The molecule has 0 saturated carbocycles. The second kappa shape index (κ2) is 16.8. The summed E-state index contributed by atoms with van der Waals surface area (Å²) >= 11 is 0. The van der Waals surface area contributed by atoms with Crippen LogP contribution in [0.25, 0.3) is 0 Å². The maximum absolute atomic E-state index is 5.42. The molecule has 26 heavy (non-hydrogen) atoms. The Kier molecular flexibility index (Phi) is 14.5. The monoisotopic (exact) mass is 354 g/mol. The zero-order valence-electron chi connectivity index (χ0n) is 16.4. The highest BCUT2D eigenvalue weighted by molar-refractivity contribution is 5.15. The largest absolute Gasteiger partial charge is 0.330 e. The third kappa shape index (κ3) is 12.7. The van der Waals surface area contributed by atoms with Gasteiger partial charge in [-0.3, -0.25) is 0 Å². The Morgan fingerprint density at radius 3 is 1.12 bits per heavy atom. The smallest absolute Gasteiger partial charge is 0.00773 e. The fourth-order valence-corrected chi connectivity index (χ4v) is 2.94. The van der Waals surface area contributed by atoms with E-state index in [2.05, 4.69) is 60.7 Å². The van der Waals surface area contributed by atoms with Crippen molar-refractivity contribution in [2.75, 3.05) is 13.1 Å². The normalized spacial score (nSPS) is 10.2. The van der Waals surface area contributed by atoms with E-state index in [9.17, 15) is 0 Å². The van der Waals surface area contributed by atoms with Gasteiger partial charge < -0.3 is 11.5 Å². The third-order valence-corrected chi connectivity index (χ3v) is 4.52. The fraction of sp³-hybridized carbons (Fsp3) is 0.500. The number of hydrogen-bond acceptors (Lipinski definition) is 2. The maximum Gasteiger partial charge on any atom is -0.00773 e. The summed E-state index contributed by atoms with van der Waals surface area (Å²) in [6.45, 7) is 1.68. The number of hydrogen-bond donors (Lipinski definition) is 2. The quantitative estimate of drug-likeness (QED) is 0.495. The molecule has 2 nitrogen and oxygen atoms in total. The van der Waals surface area contributed by atoms with Crippen LogP contribution in [-0.2, 0) is 12.8 Å². The Balaban J connectivity index is 0.000000260. The Hall–Kier alpha value is -1.64. The lowest BCUT2D eigenvalue weighted by molar-refractivity contribution is 0.646. The lowest BCUT2D eigenvalue weighted by Gasteiger charge is -2.00. The van der Waals surface area contributed by atoms with Gasteiger partial charge in [0.05, 0.1) is 0 Å². The minimum absolute atomic E-state index is 0.839. The van der Waals surface area contributed by atoms with E-state index in [1.807, 2.05) is 0 Å². The van der Waals surface area contributed by atoms with Crippen molar-refractivity contribution in [3.8, 4) is 0 Å². The molecule has 0 aliphatic heterocycles. The highest BCUT2D eigenvalue weighted by atomic mass is 14.5. The number of unbranched alkanes of at least 4 members (excludes halogenated alkanes) is 6. The van der Waals surface area contributed by atoms with E-state index in [0.29, 0.717) is 0 Å². The predicted molar refractivity (Wildman–Crippen MR) is 115 cm³/mol. The fourth-order valence-electron chi connectivity index (χ4n) is 2.94. The molecule has 2 heteroatoms. The summed E-state index contributed by atoms with van der Waals surface area (Å²) in [6, 6.07) is 21.3. The predicted octanol–water partition coefficient (Wildman–Crippen LogP) is 5.50. The van der Waals surface area contributed by atoms with Crippen LogP contribution in [0.3, 0.4) is 0 Å². The molecule has 0 spiro atoms. The summed E-state index contributed by atoms with van der Waals surface area (Å²) in [7, 11) is 0. The van der Waals surface area contributed by atoms with E-state index in [1.165, 1.54) is 75.3 Å². The maximum atomic E-state index is 5.42. The molecule has 0 aromatic heterocycles. The molecule has 0 unspecified atom stereocenters. The van der Waals surface area contributed by atoms with Gasteiger partial charge in [-0.1, -0.05) is 86.3 Å². The van der Waals surface area contributed by atoms with Crippen LogP contribution in [0, 0.1) is 0 Å². The van der Waals surface area contributed by atoms with Crippen LogP contribution in [0.15, 0.2) is 60.7 Å². The molecule has 2 aromatic rings. The standard InChI is InChI=1S/2C12H19N/c2*13-11-7-2-1-4-8-12-9-5-3-6-10-12/h2*3,5-6,9-10H,1-2,4,7-8,11,13H2.